The summed E-state index contributed by atoms with van der Waals surface area (Å²) >= 11 is 3.61. The summed E-state index contributed by atoms with van der Waals surface area (Å²) in [6.07, 6.45) is 3.31. The molecule has 2 nitrogen and oxygen atoms in total. The van der Waals surface area contributed by atoms with Crippen molar-refractivity contribution in [3.63, 3.8) is 0 Å². The maximum atomic E-state index is 5.80. The molecule has 0 saturated heterocycles. The fourth-order valence-electron chi connectivity index (χ4n) is 2.69. The summed E-state index contributed by atoms with van der Waals surface area (Å²) in [5, 5.41) is 3.37. The lowest BCUT2D eigenvalue weighted by atomic mass is 9.90. The molecule has 0 radical (unpaired) electrons. The van der Waals surface area contributed by atoms with E-state index in [9.17, 15) is 0 Å². The third kappa shape index (κ3) is 2.89. The molecule has 0 bridgehead atoms. The zero-order chi connectivity index (χ0) is 13.1. The molecule has 18 heavy (non-hydrogen) atoms. The lowest BCUT2D eigenvalue weighted by Crippen LogP contribution is -2.31. The minimum absolute atomic E-state index is 0.533. The van der Waals surface area contributed by atoms with Gasteiger partial charge in [-0.1, -0.05) is 29.3 Å². The predicted molar refractivity (Wildman–Crippen MR) is 79.3 cm³/mol. The molecule has 0 aromatic heterocycles. The number of benzene rings is 1. The molecule has 1 heterocycles. The van der Waals surface area contributed by atoms with Gasteiger partial charge in [0.25, 0.3) is 0 Å². The van der Waals surface area contributed by atoms with Crippen molar-refractivity contribution in [3.8, 4) is 5.75 Å². The number of halogens is 1. The summed E-state index contributed by atoms with van der Waals surface area (Å²) in [7, 11) is 2.04. The molecule has 1 aromatic rings. The van der Waals surface area contributed by atoms with E-state index >= 15 is 0 Å². The van der Waals surface area contributed by atoms with Gasteiger partial charge in [0.05, 0.1) is 6.61 Å². The number of fused-ring (bicyclic) bond motifs is 1. The Morgan fingerprint density at radius 2 is 2.22 bits per heavy atom. The highest BCUT2D eigenvalue weighted by molar-refractivity contribution is 9.10. The molecule has 2 unspecified atom stereocenters. The van der Waals surface area contributed by atoms with Crippen LogP contribution >= 0.6 is 15.9 Å². The van der Waals surface area contributed by atoms with Gasteiger partial charge in [-0.2, -0.15) is 0 Å². The molecule has 1 aliphatic heterocycles. The molecule has 0 amide bonds. The fraction of sp³-hybridized carbons (Fsp3) is 0.600. The van der Waals surface area contributed by atoms with Crippen molar-refractivity contribution < 1.29 is 4.74 Å². The van der Waals surface area contributed by atoms with Crippen LogP contribution in [0.4, 0.5) is 0 Å². The molecule has 0 spiro atoms. The number of ether oxygens (including phenoxy) is 1. The van der Waals surface area contributed by atoms with E-state index in [4.69, 9.17) is 4.74 Å². The van der Waals surface area contributed by atoms with Gasteiger partial charge in [-0.3, -0.25) is 0 Å². The molecule has 2 atom stereocenters. The minimum Gasteiger partial charge on any atom is -0.493 e. The molecule has 0 fully saturated rings. The largest absolute Gasteiger partial charge is 0.493 e. The molecule has 100 valence electrons. The van der Waals surface area contributed by atoms with Crippen LogP contribution in [0.25, 0.3) is 0 Å². The average Bonchev–Trinajstić information content (AvgIpc) is 2.82. The molecule has 1 N–H and O–H groups in total. The van der Waals surface area contributed by atoms with Crippen LogP contribution in [0, 0.1) is 5.92 Å². The van der Waals surface area contributed by atoms with Crippen LogP contribution in [-0.2, 0) is 12.8 Å². The lowest BCUT2D eigenvalue weighted by Gasteiger charge is -2.23. The zero-order valence-corrected chi connectivity index (χ0v) is 13.0. The Hall–Kier alpha value is -0.540. The van der Waals surface area contributed by atoms with Crippen molar-refractivity contribution in [2.24, 2.45) is 5.92 Å². The summed E-state index contributed by atoms with van der Waals surface area (Å²) < 4.78 is 6.98. The monoisotopic (exact) mass is 311 g/mol. The Kier molecular flexibility index (Phi) is 4.68. The number of rotatable bonds is 5. The maximum Gasteiger partial charge on any atom is 0.125 e. The van der Waals surface area contributed by atoms with Gasteiger partial charge in [-0.15, -0.1) is 0 Å². The van der Waals surface area contributed by atoms with Gasteiger partial charge >= 0.3 is 0 Å². The van der Waals surface area contributed by atoms with Gasteiger partial charge in [0.15, 0.2) is 0 Å². The first-order chi connectivity index (χ1) is 8.65. The summed E-state index contributed by atoms with van der Waals surface area (Å²) in [5.74, 6) is 1.79. The van der Waals surface area contributed by atoms with Crippen molar-refractivity contribution in [1.29, 1.82) is 0 Å². The van der Waals surface area contributed by atoms with Gasteiger partial charge in [0, 0.05) is 16.9 Å². The van der Waals surface area contributed by atoms with Crippen LogP contribution in [0.3, 0.4) is 0 Å². The summed E-state index contributed by atoms with van der Waals surface area (Å²) in [4.78, 5) is 0. The minimum atomic E-state index is 0.533. The van der Waals surface area contributed by atoms with Crippen LogP contribution < -0.4 is 10.1 Å². The van der Waals surface area contributed by atoms with Crippen LogP contribution in [-0.4, -0.2) is 19.7 Å². The van der Waals surface area contributed by atoms with E-state index in [1.807, 2.05) is 7.05 Å². The Balaban J connectivity index is 2.23. The molecule has 1 aliphatic rings. The number of hydrogen-bond acceptors (Lipinski definition) is 2. The van der Waals surface area contributed by atoms with Crippen molar-refractivity contribution in [2.75, 3.05) is 13.7 Å². The van der Waals surface area contributed by atoms with Gasteiger partial charge in [-0.25, -0.2) is 0 Å². The van der Waals surface area contributed by atoms with Crippen molar-refractivity contribution in [2.45, 2.75) is 39.2 Å². The van der Waals surface area contributed by atoms with Crippen molar-refractivity contribution in [3.05, 3.63) is 27.7 Å². The second-order valence-corrected chi connectivity index (χ2v) is 6.02. The smallest absolute Gasteiger partial charge is 0.125 e. The van der Waals surface area contributed by atoms with E-state index in [1.54, 1.807) is 0 Å². The van der Waals surface area contributed by atoms with Crippen LogP contribution in [0.2, 0.25) is 0 Å². The molecule has 1 aromatic carbocycles. The SMILES string of the molecule is CCC(Cc1cc(Br)cc2c1OCC2)C(C)NC. The van der Waals surface area contributed by atoms with E-state index in [1.165, 1.54) is 22.0 Å². The second kappa shape index (κ2) is 6.07. The molecular formula is C15H22BrNO. The summed E-state index contributed by atoms with van der Waals surface area (Å²) in [6.45, 7) is 5.35. The Morgan fingerprint density at radius 1 is 1.44 bits per heavy atom. The Morgan fingerprint density at radius 3 is 2.89 bits per heavy atom. The van der Waals surface area contributed by atoms with E-state index < -0.39 is 0 Å². The zero-order valence-electron chi connectivity index (χ0n) is 11.4. The first-order valence-electron chi connectivity index (χ1n) is 6.77. The highest BCUT2D eigenvalue weighted by atomic mass is 79.9. The Labute approximate surface area is 118 Å². The first-order valence-corrected chi connectivity index (χ1v) is 7.56. The van der Waals surface area contributed by atoms with Gasteiger partial charge in [-0.05, 0) is 49.6 Å². The number of nitrogens with one attached hydrogen (secondary N) is 1. The van der Waals surface area contributed by atoms with E-state index in [0.29, 0.717) is 12.0 Å². The third-order valence-corrected chi connectivity index (χ3v) is 4.45. The van der Waals surface area contributed by atoms with Crippen LogP contribution in [0.15, 0.2) is 16.6 Å². The molecular weight excluding hydrogens is 290 g/mol. The number of hydrogen-bond donors (Lipinski definition) is 1. The second-order valence-electron chi connectivity index (χ2n) is 5.10. The van der Waals surface area contributed by atoms with Gasteiger partial charge < -0.3 is 10.1 Å². The fourth-order valence-corrected chi connectivity index (χ4v) is 3.24. The lowest BCUT2D eigenvalue weighted by molar-refractivity contribution is 0.342. The molecule has 0 saturated carbocycles. The molecule has 2 rings (SSSR count). The standard InChI is InChI=1S/C15H22BrNO/c1-4-11(10(2)17-3)7-13-9-14(16)8-12-5-6-18-15(12)13/h8-11,17H,4-7H2,1-3H3. The molecule has 0 aliphatic carbocycles. The highest BCUT2D eigenvalue weighted by Crippen LogP contribution is 2.35. The third-order valence-electron chi connectivity index (χ3n) is 3.99. The normalized spacial score (nSPS) is 17.1. The summed E-state index contributed by atoms with van der Waals surface area (Å²) in [6, 6.07) is 4.94. The Bertz CT molecular complexity index is 419. The topological polar surface area (TPSA) is 21.3 Å². The van der Waals surface area contributed by atoms with E-state index in [2.05, 4.69) is 47.2 Å². The molecule has 3 heteroatoms. The quantitative estimate of drug-likeness (QED) is 0.897. The average molecular weight is 312 g/mol. The van der Waals surface area contributed by atoms with Crippen molar-refractivity contribution >= 4 is 15.9 Å². The van der Waals surface area contributed by atoms with Gasteiger partial charge in [0.2, 0.25) is 0 Å². The first kappa shape index (κ1) is 13.9. The van der Waals surface area contributed by atoms with Crippen molar-refractivity contribution in [1.82, 2.24) is 5.32 Å². The van der Waals surface area contributed by atoms with E-state index in [0.717, 1.165) is 25.2 Å². The van der Waals surface area contributed by atoms with E-state index in [-0.39, 0.29) is 0 Å². The summed E-state index contributed by atoms with van der Waals surface area (Å²) in [5.41, 5.74) is 2.71. The maximum absolute atomic E-state index is 5.80. The van der Waals surface area contributed by atoms with Gasteiger partial charge in [0.1, 0.15) is 5.75 Å². The predicted octanol–water partition coefficient (Wildman–Crippen LogP) is 3.56. The van der Waals surface area contributed by atoms with Crippen LogP contribution in [0.1, 0.15) is 31.4 Å². The van der Waals surface area contributed by atoms with Crippen LogP contribution in [0.5, 0.6) is 5.75 Å². The highest BCUT2D eigenvalue weighted by Gasteiger charge is 2.21.